The molecule has 1 atom stereocenters. The van der Waals surface area contributed by atoms with Gasteiger partial charge in [-0.3, -0.25) is 0 Å². The summed E-state index contributed by atoms with van der Waals surface area (Å²) in [6.07, 6.45) is 0. The number of nitrogens with zero attached hydrogens (tertiary/aromatic N) is 1. The van der Waals surface area contributed by atoms with Gasteiger partial charge in [-0.2, -0.15) is 8.78 Å². The summed E-state index contributed by atoms with van der Waals surface area (Å²) >= 11 is 0. The fourth-order valence-electron chi connectivity index (χ4n) is 3.11. The average molecular weight is 401 g/mol. The highest BCUT2D eigenvalue weighted by Crippen LogP contribution is 2.29. The standard InChI is InChI=1S/C22H15F4NO2/c23-17-2-1-3-18(24)20(17)21-27-19(12-28-21)15-6-4-13(5-7-15)14-8-10-16(11-9-14)29-22(25)26/h1-11,19,22H,12H2. The number of hydrogen-bond acceptors (Lipinski definition) is 3. The lowest BCUT2D eigenvalue weighted by Crippen LogP contribution is -2.07. The van der Waals surface area contributed by atoms with E-state index in [1.165, 1.54) is 18.2 Å². The van der Waals surface area contributed by atoms with Gasteiger partial charge in [-0.05, 0) is 41.0 Å². The molecule has 0 radical (unpaired) electrons. The highest BCUT2D eigenvalue weighted by atomic mass is 19.3. The molecule has 3 nitrogen and oxygen atoms in total. The first-order valence-corrected chi connectivity index (χ1v) is 8.81. The SMILES string of the molecule is Fc1cccc(F)c1C1=NC(c2ccc(-c3ccc(OC(F)F)cc3)cc2)CO1. The zero-order valence-electron chi connectivity index (χ0n) is 15.0. The van der Waals surface area contributed by atoms with Gasteiger partial charge in [0.15, 0.2) is 0 Å². The summed E-state index contributed by atoms with van der Waals surface area (Å²) in [6, 6.07) is 16.9. The van der Waals surface area contributed by atoms with E-state index in [1.54, 1.807) is 12.1 Å². The molecular weight excluding hydrogens is 386 g/mol. The molecule has 0 amide bonds. The maximum Gasteiger partial charge on any atom is 0.387 e. The molecule has 148 valence electrons. The Balaban J connectivity index is 1.52. The van der Waals surface area contributed by atoms with Gasteiger partial charge in [-0.15, -0.1) is 0 Å². The number of ether oxygens (including phenoxy) is 2. The molecule has 0 aliphatic carbocycles. The van der Waals surface area contributed by atoms with Crippen LogP contribution in [0.3, 0.4) is 0 Å². The molecule has 0 saturated carbocycles. The van der Waals surface area contributed by atoms with E-state index in [0.717, 1.165) is 28.8 Å². The van der Waals surface area contributed by atoms with Crippen molar-refractivity contribution in [2.75, 3.05) is 6.61 Å². The molecule has 1 aliphatic rings. The predicted octanol–water partition coefficient (Wildman–Crippen LogP) is 5.75. The Labute approximate surface area is 164 Å². The van der Waals surface area contributed by atoms with Crippen LogP contribution < -0.4 is 4.74 Å². The van der Waals surface area contributed by atoms with Gasteiger partial charge >= 0.3 is 6.61 Å². The van der Waals surface area contributed by atoms with Gasteiger partial charge in [0.1, 0.15) is 35.6 Å². The molecule has 0 fully saturated rings. The molecule has 4 rings (SSSR count). The van der Waals surface area contributed by atoms with Crippen LogP contribution in [-0.2, 0) is 4.74 Å². The minimum absolute atomic E-state index is 0.0516. The molecule has 0 N–H and O–H groups in total. The number of hydrogen-bond donors (Lipinski definition) is 0. The largest absolute Gasteiger partial charge is 0.475 e. The van der Waals surface area contributed by atoms with Crippen molar-refractivity contribution >= 4 is 5.90 Å². The van der Waals surface area contributed by atoms with Gasteiger partial charge in [0, 0.05) is 0 Å². The van der Waals surface area contributed by atoms with E-state index in [-0.39, 0.29) is 29.9 Å². The second-order valence-corrected chi connectivity index (χ2v) is 6.38. The van der Waals surface area contributed by atoms with Gasteiger partial charge in [0.25, 0.3) is 0 Å². The van der Waals surface area contributed by atoms with Crippen LogP contribution in [-0.4, -0.2) is 19.1 Å². The molecule has 1 heterocycles. The van der Waals surface area contributed by atoms with E-state index < -0.39 is 18.2 Å². The van der Waals surface area contributed by atoms with Gasteiger partial charge in [-0.25, -0.2) is 13.8 Å². The zero-order valence-corrected chi connectivity index (χ0v) is 15.0. The molecule has 1 unspecified atom stereocenters. The Hall–Kier alpha value is -3.35. The fourth-order valence-corrected chi connectivity index (χ4v) is 3.11. The topological polar surface area (TPSA) is 30.8 Å². The quantitative estimate of drug-likeness (QED) is 0.510. The summed E-state index contributed by atoms with van der Waals surface area (Å²) in [5.74, 6) is -1.41. The summed E-state index contributed by atoms with van der Waals surface area (Å²) in [6.45, 7) is -2.68. The first-order valence-electron chi connectivity index (χ1n) is 8.81. The summed E-state index contributed by atoms with van der Waals surface area (Å²) in [7, 11) is 0. The summed E-state index contributed by atoms with van der Waals surface area (Å²) in [5, 5.41) is 0. The third-order valence-corrected chi connectivity index (χ3v) is 4.54. The predicted molar refractivity (Wildman–Crippen MR) is 100 cm³/mol. The van der Waals surface area contributed by atoms with Crippen molar-refractivity contribution in [2.24, 2.45) is 4.99 Å². The Bertz CT molecular complexity index is 1010. The van der Waals surface area contributed by atoms with Crippen molar-refractivity contribution in [2.45, 2.75) is 12.7 Å². The highest BCUT2D eigenvalue weighted by molar-refractivity contribution is 5.95. The van der Waals surface area contributed by atoms with Crippen LogP contribution in [0.4, 0.5) is 17.6 Å². The van der Waals surface area contributed by atoms with Crippen molar-refractivity contribution in [3.63, 3.8) is 0 Å². The van der Waals surface area contributed by atoms with Crippen LogP contribution in [0, 0.1) is 11.6 Å². The van der Waals surface area contributed by atoms with Crippen molar-refractivity contribution < 1.29 is 27.0 Å². The van der Waals surface area contributed by atoms with Gasteiger partial charge < -0.3 is 9.47 Å². The van der Waals surface area contributed by atoms with E-state index >= 15 is 0 Å². The third-order valence-electron chi connectivity index (χ3n) is 4.54. The lowest BCUT2D eigenvalue weighted by atomic mass is 10.0. The number of aliphatic imine (C=N–C) groups is 1. The second kappa shape index (κ2) is 7.95. The molecule has 0 aromatic heterocycles. The van der Waals surface area contributed by atoms with E-state index in [0.29, 0.717) is 0 Å². The zero-order chi connectivity index (χ0) is 20.4. The molecule has 0 bridgehead atoms. The molecule has 7 heteroatoms. The van der Waals surface area contributed by atoms with E-state index in [1.807, 2.05) is 24.3 Å². The van der Waals surface area contributed by atoms with E-state index in [4.69, 9.17) is 4.74 Å². The molecule has 0 spiro atoms. The first-order chi connectivity index (χ1) is 14.0. The van der Waals surface area contributed by atoms with Crippen molar-refractivity contribution in [1.29, 1.82) is 0 Å². The van der Waals surface area contributed by atoms with Crippen LogP contribution in [0.5, 0.6) is 5.75 Å². The molecule has 29 heavy (non-hydrogen) atoms. The maximum atomic E-state index is 13.9. The Kier molecular flexibility index (Phi) is 5.20. The van der Waals surface area contributed by atoms with Crippen molar-refractivity contribution in [1.82, 2.24) is 0 Å². The van der Waals surface area contributed by atoms with Crippen molar-refractivity contribution in [3.05, 3.63) is 89.5 Å². The van der Waals surface area contributed by atoms with Crippen LogP contribution in [0.25, 0.3) is 11.1 Å². The van der Waals surface area contributed by atoms with Crippen LogP contribution >= 0.6 is 0 Å². The lowest BCUT2D eigenvalue weighted by molar-refractivity contribution is -0.0498. The smallest absolute Gasteiger partial charge is 0.387 e. The van der Waals surface area contributed by atoms with E-state index in [9.17, 15) is 17.6 Å². The highest BCUT2D eigenvalue weighted by Gasteiger charge is 2.26. The van der Waals surface area contributed by atoms with Gasteiger partial charge in [0.05, 0.1) is 0 Å². The number of benzene rings is 3. The number of halogens is 4. The number of rotatable bonds is 5. The van der Waals surface area contributed by atoms with Crippen LogP contribution in [0.15, 0.2) is 71.7 Å². The van der Waals surface area contributed by atoms with Crippen LogP contribution in [0.1, 0.15) is 17.2 Å². The Morgan fingerprint density at radius 2 is 1.45 bits per heavy atom. The Morgan fingerprint density at radius 3 is 2.03 bits per heavy atom. The average Bonchev–Trinajstić information content (AvgIpc) is 3.18. The second-order valence-electron chi connectivity index (χ2n) is 6.38. The van der Waals surface area contributed by atoms with Gasteiger partial charge in [-0.1, -0.05) is 42.5 Å². The third kappa shape index (κ3) is 4.08. The summed E-state index contributed by atoms with van der Waals surface area (Å²) in [4.78, 5) is 4.32. The first kappa shape index (κ1) is 19.0. The molecule has 0 saturated heterocycles. The number of alkyl halides is 2. The van der Waals surface area contributed by atoms with E-state index in [2.05, 4.69) is 9.73 Å². The van der Waals surface area contributed by atoms with Gasteiger partial charge in [0.2, 0.25) is 5.90 Å². The fraction of sp³-hybridized carbons (Fsp3) is 0.136. The molecular formula is C22H15F4NO2. The van der Waals surface area contributed by atoms with Crippen LogP contribution in [0.2, 0.25) is 0 Å². The molecule has 1 aliphatic heterocycles. The Morgan fingerprint density at radius 1 is 0.862 bits per heavy atom. The molecule has 3 aromatic carbocycles. The normalized spacial score (nSPS) is 15.9. The van der Waals surface area contributed by atoms with Crippen molar-refractivity contribution in [3.8, 4) is 16.9 Å². The summed E-state index contributed by atoms with van der Waals surface area (Å²) in [5.41, 5.74) is 2.27. The minimum Gasteiger partial charge on any atom is -0.475 e. The molecule has 3 aromatic rings. The minimum atomic E-state index is -2.86. The summed E-state index contributed by atoms with van der Waals surface area (Å²) < 4.78 is 62.1. The maximum absolute atomic E-state index is 13.9. The lowest BCUT2D eigenvalue weighted by Gasteiger charge is -2.08. The monoisotopic (exact) mass is 401 g/mol.